The zero-order valence-corrected chi connectivity index (χ0v) is 10.5. The topological polar surface area (TPSA) is 47.6 Å². The number of halogens is 2. The third-order valence-electron chi connectivity index (χ3n) is 2.34. The molecule has 1 aliphatic rings. The van der Waals surface area contributed by atoms with Gasteiger partial charge in [-0.05, 0) is 26.0 Å². The lowest BCUT2D eigenvalue weighted by Gasteiger charge is -2.14. The van der Waals surface area contributed by atoms with Crippen LogP contribution in [0.15, 0.2) is 24.0 Å². The second-order valence-electron chi connectivity index (χ2n) is 4.29. The van der Waals surface area contributed by atoms with Gasteiger partial charge in [-0.15, -0.1) is 0 Å². The molecule has 0 unspecified atom stereocenters. The Morgan fingerprint density at radius 1 is 1.32 bits per heavy atom. The largest absolute Gasteiger partial charge is 0.488 e. The molecule has 0 aliphatic carbocycles. The molecule has 1 aliphatic heterocycles. The smallest absolute Gasteiger partial charge is 0.247 e. The predicted octanol–water partition coefficient (Wildman–Crippen LogP) is 2.14. The first-order valence-corrected chi connectivity index (χ1v) is 5.78. The average molecular weight is 269 g/mol. The van der Waals surface area contributed by atoms with Crippen LogP contribution in [0.3, 0.4) is 0 Å². The van der Waals surface area contributed by atoms with Gasteiger partial charge in [0.05, 0.1) is 12.6 Å². The third kappa shape index (κ3) is 3.01. The van der Waals surface area contributed by atoms with Gasteiger partial charge in [0.2, 0.25) is 17.5 Å². The summed E-state index contributed by atoms with van der Waals surface area (Å²) in [6.45, 7) is 3.56. The number of ether oxygens (including phenoxy) is 2. The highest BCUT2D eigenvalue weighted by Gasteiger charge is 2.21. The van der Waals surface area contributed by atoms with Crippen LogP contribution in [0.5, 0.6) is 11.5 Å². The monoisotopic (exact) mass is 269 g/mol. The Balaban J connectivity index is 2.28. The first-order valence-electron chi connectivity index (χ1n) is 5.78. The molecule has 102 valence electrons. The van der Waals surface area contributed by atoms with Gasteiger partial charge < -0.3 is 14.8 Å². The fraction of sp³-hybridized carbons (Fsp3) is 0.308. The summed E-state index contributed by atoms with van der Waals surface area (Å²) in [6.07, 6.45) is 0.899. The molecule has 0 saturated heterocycles. The Labute approximate surface area is 109 Å². The van der Waals surface area contributed by atoms with Crippen molar-refractivity contribution in [2.75, 3.05) is 6.54 Å². The molecule has 0 saturated carbocycles. The highest BCUT2D eigenvalue weighted by Crippen LogP contribution is 2.31. The first-order chi connectivity index (χ1) is 8.97. The van der Waals surface area contributed by atoms with Gasteiger partial charge in [0, 0.05) is 6.08 Å². The van der Waals surface area contributed by atoms with E-state index in [1.165, 1.54) is 6.07 Å². The minimum absolute atomic E-state index is 0.0933. The van der Waals surface area contributed by atoms with Crippen LogP contribution in [0.4, 0.5) is 8.78 Å². The molecule has 0 bridgehead atoms. The number of rotatable bonds is 4. The minimum Gasteiger partial charge on any atom is -0.488 e. The Morgan fingerprint density at radius 2 is 2.05 bits per heavy atom. The van der Waals surface area contributed by atoms with Gasteiger partial charge in [-0.1, -0.05) is 0 Å². The van der Waals surface area contributed by atoms with Crippen LogP contribution >= 0.6 is 0 Å². The summed E-state index contributed by atoms with van der Waals surface area (Å²) in [5.74, 6) is -2.64. The van der Waals surface area contributed by atoms with Crippen LogP contribution in [0.1, 0.15) is 13.8 Å². The zero-order chi connectivity index (χ0) is 14.0. The molecule has 19 heavy (non-hydrogen) atoms. The van der Waals surface area contributed by atoms with E-state index in [1.54, 1.807) is 13.8 Å². The van der Waals surface area contributed by atoms with Crippen molar-refractivity contribution in [2.24, 2.45) is 0 Å². The van der Waals surface area contributed by atoms with E-state index >= 15 is 0 Å². The Bertz CT molecular complexity index is 541. The summed E-state index contributed by atoms with van der Waals surface area (Å²) in [5, 5.41) is 2.44. The molecule has 2 rings (SSSR count). The fourth-order valence-electron chi connectivity index (χ4n) is 1.57. The highest BCUT2D eigenvalue weighted by atomic mass is 19.1. The summed E-state index contributed by atoms with van der Waals surface area (Å²) < 4.78 is 37.9. The summed E-state index contributed by atoms with van der Waals surface area (Å²) in [7, 11) is 0. The van der Waals surface area contributed by atoms with Crippen molar-refractivity contribution in [3.05, 3.63) is 35.6 Å². The molecular weight excluding hydrogens is 256 g/mol. The average Bonchev–Trinajstić information content (AvgIpc) is 2.74. The molecule has 4 nitrogen and oxygen atoms in total. The van der Waals surface area contributed by atoms with Gasteiger partial charge in [-0.25, -0.2) is 4.39 Å². The number of hydrogen-bond donors (Lipinski definition) is 1. The quantitative estimate of drug-likeness (QED) is 0.911. The predicted molar refractivity (Wildman–Crippen MR) is 63.8 cm³/mol. The van der Waals surface area contributed by atoms with E-state index in [4.69, 9.17) is 9.47 Å². The molecule has 0 radical (unpaired) electrons. The van der Waals surface area contributed by atoms with Crippen LogP contribution in [0.2, 0.25) is 0 Å². The van der Waals surface area contributed by atoms with Crippen LogP contribution in [-0.2, 0) is 4.79 Å². The number of hydrogen-bond acceptors (Lipinski definition) is 3. The zero-order valence-electron chi connectivity index (χ0n) is 10.5. The van der Waals surface area contributed by atoms with E-state index in [0.29, 0.717) is 0 Å². The SMILES string of the molecule is CC(C)Oc1ccc(F)c(OC2=CC(=O)NC2)c1F. The lowest BCUT2D eigenvalue weighted by molar-refractivity contribution is -0.115. The highest BCUT2D eigenvalue weighted by molar-refractivity contribution is 5.90. The van der Waals surface area contributed by atoms with E-state index < -0.39 is 17.4 Å². The standard InChI is InChI=1S/C13H13F2NO3/c1-7(2)18-10-4-3-9(14)13(12(10)15)19-8-5-11(17)16-6-8/h3-5,7H,6H2,1-2H3,(H,16,17). The molecule has 0 fully saturated rings. The van der Waals surface area contributed by atoms with Gasteiger partial charge in [0.15, 0.2) is 11.6 Å². The summed E-state index contributed by atoms with van der Waals surface area (Å²) in [5.41, 5.74) is 0. The molecule has 0 spiro atoms. The van der Waals surface area contributed by atoms with Crippen LogP contribution in [0.25, 0.3) is 0 Å². The minimum atomic E-state index is -0.922. The fourth-order valence-corrected chi connectivity index (χ4v) is 1.57. The number of carbonyl (C=O) groups excluding carboxylic acids is 1. The Kier molecular flexibility index (Phi) is 3.69. The number of nitrogens with one attached hydrogen (secondary N) is 1. The number of benzene rings is 1. The second kappa shape index (κ2) is 5.26. The van der Waals surface area contributed by atoms with E-state index in [2.05, 4.69) is 5.32 Å². The Morgan fingerprint density at radius 3 is 2.63 bits per heavy atom. The van der Waals surface area contributed by atoms with Crippen molar-refractivity contribution >= 4 is 5.91 Å². The Hall–Kier alpha value is -2.11. The second-order valence-corrected chi connectivity index (χ2v) is 4.29. The van der Waals surface area contributed by atoms with Crippen molar-refractivity contribution < 1.29 is 23.0 Å². The molecular formula is C13H13F2NO3. The van der Waals surface area contributed by atoms with Crippen molar-refractivity contribution in [3.8, 4) is 11.5 Å². The van der Waals surface area contributed by atoms with Crippen LogP contribution in [0, 0.1) is 11.6 Å². The van der Waals surface area contributed by atoms with Gasteiger partial charge in [-0.3, -0.25) is 4.79 Å². The van der Waals surface area contributed by atoms with Crippen LogP contribution < -0.4 is 14.8 Å². The molecule has 0 aromatic heterocycles. The maximum Gasteiger partial charge on any atom is 0.247 e. The van der Waals surface area contributed by atoms with Crippen LogP contribution in [-0.4, -0.2) is 18.6 Å². The summed E-state index contributed by atoms with van der Waals surface area (Å²) in [4.78, 5) is 10.9. The van der Waals surface area contributed by atoms with Crippen molar-refractivity contribution in [1.82, 2.24) is 5.32 Å². The normalized spacial score (nSPS) is 14.4. The van der Waals surface area contributed by atoms with Crippen molar-refractivity contribution in [3.63, 3.8) is 0 Å². The van der Waals surface area contributed by atoms with Gasteiger partial charge in [0.25, 0.3) is 0 Å². The number of amides is 1. The van der Waals surface area contributed by atoms with E-state index in [9.17, 15) is 13.6 Å². The molecule has 1 N–H and O–H groups in total. The lowest BCUT2D eigenvalue weighted by atomic mass is 10.3. The van der Waals surface area contributed by atoms with Gasteiger partial charge in [0.1, 0.15) is 5.76 Å². The van der Waals surface area contributed by atoms with Crippen molar-refractivity contribution in [2.45, 2.75) is 20.0 Å². The lowest BCUT2D eigenvalue weighted by Crippen LogP contribution is -2.16. The van der Waals surface area contributed by atoms with E-state index in [-0.39, 0.29) is 30.1 Å². The molecule has 1 heterocycles. The third-order valence-corrected chi connectivity index (χ3v) is 2.34. The molecule has 1 aromatic rings. The molecule has 1 aromatic carbocycles. The maximum atomic E-state index is 14.0. The molecule has 6 heteroatoms. The summed E-state index contributed by atoms with van der Waals surface area (Å²) in [6, 6.07) is 2.25. The number of carbonyl (C=O) groups is 1. The van der Waals surface area contributed by atoms with E-state index in [1.807, 2.05) is 0 Å². The van der Waals surface area contributed by atoms with Crippen molar-refractivity contribution in [1.29, 1.82) is 0 Å². The first kappa shape index (κ1) is 13.3. The van der Waals surface area contributed by atoms with E-state index in [0.717, 1.165) is 12.1 Å². The maximum absolute atomic E-state index is 14.0. The van der Waals surface area contributed by atoms with Gasteiger partial charge >= 0.3 is 0 Å². The summed E-state index contributed by atoms with van der Waals surface area (Å²) >= 11 is 0. The van der Waals surface area contributed by atoms with Gasteiger partial charge in [-0.2, -0.15) is 4.39 Å². The molecule has 1 amide bonds. The molecule has 0 atom stereocenters.